The number of nitrogens with zero attached hydrogens (tertiary/aromatic N) is 3. The normalized spacial score (nSPS) is 21.9. The molecule has 10 nitrogen and oxygen atoms in total. The van der Waals surface area contributed by atoms with Gasteiger partial charge in [-0.1, -0.05) is 0 Å². The number of aromatic amines is 2. The molecule has 1 fully saturated rings. The first-order chi connectivity index (χ1) is 17.1. The predicted octanol–water partition coefficient (Wildman–Crippen LogP) is 4.24. The molecule has 1 atom stereocenters. The molecule has 0 bridgehead atoms. The van der Waals surface area contributed by atoms with Gasteiger partial charge in [0.25, 0.3) is 0 Å². The second-order valence-electron chi connectivity index (χ2n) is 10.8. The van der Waals surface area contributed by atoms with Crippen LogP contribution in [0.1, 0.15) is 74.9 Å². The maximum absolute atomic E-state index is 12.5. The number of aromatic nitrogens is 4. The van der Waals surface area contributed by atoms with E-state index in [9.17, 15) is 14.7 Å². The number of ether oxygens (including phenoxy) is 2. The van der Waals surface area contributed by atoms with Crippen molar-refractivity contribution in [3.8, 4) is 11.8 Å². The molecule has 0 spiro atoms. The minimum Gasteiger partial charge on any atom is -0.493 e. The standard InChI is InChI=1S/C25H33N5O5S/c1-25(2,3)35-24(33)30(4)14-6-8-15(9-7-14)34-21-19-18-13(11-16-20(31)29-23(32)28-16)5-10-17(18)36-22(19)27-12-26-21/h12-15,31H,5-11H2,1-4H3,(H2,28,29,32)/t13-,14?,15?/m1/s1. The smallest absolute Gasteiger partial charge is 0.410 e. The molecule has 0 radical (unpaired) electrons. The van der Waals surface area contributed by atoms with E-state index in [-0.39, 0.29) is 30.0 Å². The molecule has 0 aliphatic heterocycles. The number of carbonyl (C=O) groups is 1. The second kappa shape index (κ2) is 9.42. The Morgan fingerprint density at radius 2 is 1.94 bits per heavy atom. The zero-order valence-corrected chi connectivity index (χ0v) is 21.9. The minimum atomic E-state index is -0.516. The molecule has 2 aliphatic carbocycles. The number of imidazole rings is 1. The number of carbonyl (C=O) groups excluding carboxylic acids is 1. The molecule has 3 aromatic heterocycles. The highest BCUT2D eigenvalue weighted by molar-refractivity contribution is 7.19. The summed E-state index contributed by atoms with van der Waals surface area (Å²) in [5.74, 6) is 0.631. The van der Waals surface area contributed by atoms with E-state index in [1.165, 1.54) is 10.4 Å². The Labute approximate surface area is 213 Å². The summed E-state index contributed by atoms with van der Waals surface area (Å²) in [6, 6.07) is 0.121. The highest BCUT2D eigenvalue weighted by Gasteiger charge is 2.33. The van der Waals surface area contributed by atoms with E-state index >= 15 is 0 Å². The molecule has 5 rings (SSSR count). The van der Waals surface area contributed by atoms with Crippen LogP contribution < -0.4 is 10.4 Å². The summed E-state index contributed by atoms with van der Waals surface area (Å²) in [5, 5.41) is 11.0. The lowest BCUT2D eigenvalue weighted by Gasteiger charge is -2.35. The van der Waals surface area contributed by atoms with Gasteiger partial charge in [0.15, 0.2) is 0 Å². The number of nitrogens with one attached hydrogen (secondary N) is 2. The molecule has 36 heavy (non-hydrogen) atoms. The van der Waals surface area contributed by atoms with Crippen LogP contribution in [-0.2, 0) is 17.6 Å². The van der Waals surface area contributed by atoms with Gasteiger partial charge >= 0.3 is 11.8 Å². The summed E-state index contributed by atoms with van der Waals surface area (Å²) in [4.78, 5) is 42.0. The van der Waals surface area contributed by atoms with E-state index < -0.39 is 11.3 Å². The lowest BCUT2D eigenvalue weighted by Crippen LogP contribution is -2.43. The van der Waals surface area contributed by atoms with Gasteiger partial charge in [-0.3, -0.25) is 4.98 Å². The summed E-state index contributed by atoms with van der Waals surface area (Å²) >= 11 is 1.67. The SMILES string of the molecule is CN(C(=O)OC(C)(C)C)C1CCC(Oc2ncnc3sc4c(c23)[C@@H](Cc2[nH]c(=O)[nH]c2O)CC4)CC1. The van der Waals surface area contributed by atoms with Crippen LogP contribution in [0.15, 0.2) is 11.1 Å². The number of hydrogen-bond donors (Lipinski definition) is 3. The van der Waals surface area contributed by atoms with Gasteiger partial charge in [-0.2, -0.15) is 0 Å². The van der Waals surface area contributed by atoms with Gasteiger partial charge in [-0.25, -0.2) is 19.6 Å². The highest BCUT2D eigenvalue weighted by atomic mass is 32.1. The first-order valence-corrected chi connectivity index (χ1v) is 13.3. The van der Waals surface area contributed by atoms with Crippen molar-refractivity contribution in [2.45, 2.75) is 89.4 Å². The fraction of sp³-hybridized carbons (Fsp3) is 0.600. The highest BCUT2D eigenvalue weighted by Crippen LogP contribution is 2.47. The number of fused-ring (bicyclic) bond motifs is 3. The zero-order chi connectivity index (χ0) is 25.6. The van der Waals surface area contributed by atoms with E-state index in [4.69, 9.17) is 9.47 Å². The molecule has 3 aromatic rings. The van der Waals surface area contributed by atoms with E-state index in [1.807, 2.05) is 20.8 Å². The Kier molecular flexibility index (Phi) is 6.44. The van der Waals surface area contributed by atoms with Crippen LogP contribution >= 0.6 is 11.3 Å². The number of thiophene rings is 1. The van der Waals surface area contributed by atoms with Gasteiger partial charge in [0.2, 0.25) is 11.8 Å². The molecular formula is C25H33N5O5S. The lowest BCUT2D eigenvalue weighted by atomic mass is 9.92. The van der Waals surface area contributed by atoms with Crippen molar-refractivity contribution in [2.24, 2.45) is 0 Å². The van der Waals surface area contributed by atoms with Gasteiger partial charge in [0.05, 0.1) is 11.1 Å². The number of hydrogen-bond acceptors (Lipinski definition) is 8. The second-order valence-corrected chi connectivity index (χ2v) is 11.9. The molecule has 2 aliphatic rings. The largest absolute Gasteiger partial charge is 0.493 e. The molecule has 0 unspecified atom stereocenters. The van der Waals surface area contributed by atoms with Crippen LogP contribution in [-0.4, -0.2) is 60.8 Å². The Balaban J connectivity index is 1.30. The molecule has 11 heteroatoms. The van der Waals surface area contributed by atoms with E-state index in [2.05, 4.69) is 19.9 Å². The number of aryl methyl sites for hydroxylation is 1. The van der Waals surface area contributed by atoms with Gasteiger partial charge in [-0.15, -0.1) is 11.3 Å². The quantitative estimate of drug-likeness (QED) is 0.463. The fourth-order valence-corrected chi connectivity index (χ4v) is 6.56. The fourth-order valence-electron chi connectivity index (χ4n) is 5.33. The Hall–Kier alpha value is -3.08. The average molecular weight is 516 g/mol. The Morgan fingerprint density at radius 1 is 1.19 bits per heavy atom. The number of amides is 1. The maximum Gasteiger partial charge on any atom is 0.410 e. The van der Waals surface area contributed by atoms with Crippen LogP contribution in [0.4, 0.5) is 4.79 Å². The summed E-state index contributed by atoms with van der Waals surface area (Å²) < 4.78 is 12.0. The third kappa shape index (κ3) is 4.93. The summed E-state index contributed by atoms with van der Waals surface area (Å²) in [7, 11) is 1.80. The van der Waals surface area contributed by atoms with Gasteiger partial charge in [-0.05, 0) is 77.2 Å². The number of aromatic hydroxyl groups is 1. The first-order valence-electron chi connectivity index (χ1n) is 12.5. The van der Waals surface area contributed by atoms with Crippen molar-refractivity contribution in [3.05, 3.63) is 32.9 Å². The van der Waals surface area contributed by atoms with Crippen molar-refractivity contribution < 1.29 is 19.4 Å². The predicted molar refractivity (Wildman–Crippen MR) is 136 cm³/mol. The molecule has 1 saturated carbocycles. The van der Waals surface area contributed by atoms with Crippen LogP contribution in [0.2, 0.25) is 0 Å². The molecule has 1 amide bonds. The Bertz CT molecular complexity index is 1310. The molecule has 194 valence electrons. The van der Waals surface area contributed by atoms with Crippen LogP contribution in [0, 0.1) is 0 Å². The number of H-pyrrole nitrogens is 2. The average Bonchev–Trinajstić information content (AvgIpc) is 3.46. The molecule has 3 heterocycles. The molecule has 3 N–H and O–H groups in total. The lowest BCUT2D eigenvalue weighted by molar-refractivity contribution is 0.0137. The molecule has 0 saturated heterocycles. The van der Waals surface area contributed by atoms with Gasteiger partial charge < -0.3 is 24.5 Å². The molecule has 0 aromatic carbocycles. The maximum atomic E-state index is 12.5. The van der Waals surface area contributed by atoms with E-state index in [0.717, 1.165) is 48.7 Å². The van der Waals surface area contributed by atoms with Crippen molar-refractivity contribution in [1.82, 2.24) is 24.8 Å². The van der Waals surface area contributed by atoms with Gasteiger partial charge in [0, 0.05) is 18.0 Å². The Morgan fingerprint density at radius 3 is 2.61 bits per heavy atom. The van der Waals surface area contributed by atoms with E-state index in [0.29, 0.717) is 18.0 Å². The summed E-state index contributed by atoms with van der Waals surface area (Å²) in [6.07, 6.45) is 6.95. The summed E-state index contributed by atoms with van der Waals surface area (Å²) in [5.41, 5.74) is 0.767. The van der Waals surface area contributed by atoms with Crippen molar-refractivity contribution in [1.29, 1.82) is 0 Å². The summed E-state index contributed by atoms with van der Waals surface area (Å²) in [6.45, 7) is 5.62. The van der Waals surface area contributed by atoms with E-state index in [1.54, 1.807) is 29.6 Å². The third-order valence-corrected chi connectivity index (χ3v) is 8.25. The van der Waals surface area contributed by atoms with Crippen LogP contribution in [0.5, 0.6) is 11.8 Å². The number of rotatable bonds is 5. The topological polar surface area (TPSA) is 133 Å². The minimum absolute atomic E-state index is 0.00635. The van der Waals surface area contributed by atoms with Crippen LogP contribution in [0.3, 0.4) is 0 Å². The monoisotopic (exact) mass is 515 g/mol. The van der Waals surface area contributed by atoms with Gasteiger partial charge in [0.1, 0.15) is 22.9 Å². The first kappa shape index (κ1) is 24.6. The van der Waals surface area contributed by atoms with Crippen molar-refractivity contribution >= 4 is 27.6 Å². The third-order valence-electron chi connectivity index (χ3n) is 7.08. The van der Waals surface area contributed by atoms with Crippen LogP contribution in [0.25, 0.3) is 10.2 Å². The zero-order valence-electron chi connectivity index (χ0n) is 21.1. The molecular weight excluding hydrogens is 482 g/mol. The van der Waals surface area contributed by atoms with Crippen molar-refractivity contribution in [3.63, 3.8) is 0 Å². The van der Waals surface area contributed by atoms with Crippen molar-refractivity contribution in [2.75, 3.05) is 7.05 Å².